The fourth-order valence-corrected chi connectivity index (χ4v) is 1.18. The maximum atomic E-state index is 10.6. The van der Waals surface area contributed by atoms with E-state index < -0.39 is 5.97 Å². The predicted molar refractivity (Wildman–Crippen MR) is 62.7 cm³/mol. The van der Waals surface area contributed by atoms with Gasteiger partial charge in [-0.3, -0.25) is 0 Å². The highest BCUT2D eigenvalue weighted by Gasteiger charge is 2.02. The Morgan fingerprint density at radius 1 is 1.33 bits per heavy atom. The summed E-state index contributed by atoms with van der Waals surface area (Å²) >= 11 is 0. The topological polar surface area (TPSA) is 40.5 Å². The second kappa shape index (κ2) is 6.43. The molecule has 84 valence electrons. The highest BCUT2D eigenvalue weighted by atomic mass is 35.5. The van der Waals surface area contributed by atoms with Crippen molar-refractivity contribution in [1.82, 2.24) is 4.90 Å². The van der Waals surface area contributed by atoms with Crippen molar-refractivity contribution in [2.24, 2.45) is 0 Å². The summed E-state index contributed by atoms with van der Waals surface area (Å²) in [6.45, 7) is 3.93. The van der Waals surface area contributed by atoms with E-state index in [9.17, 15) is 4.79 Å². The second-order valence-corrected chi connectivity index (χ2v) is 3.33. The van der Waals surface area contributed by atoms with E-state index in [1.165, 1.54) is 0 Å². The number of nitrogens with zero attached hydrogens (tertiary/aromatic N) is 1. The number of carboxylic acids is 1. The molecule has 0 heterocycles. The van der Waals surface area contributed by atoms with E-state index in [-0.39, 0.29) is 12.4 Å². The van der Waals surface area contributed by atoms with Crippen molar-refractivity contribution in [3.8, 4) is 0 Å². The molecule has 1 aromatic rings. The first-order valence-corrected chi connectivity index (χ1v) is 4.64. The second-order valence-electron chi connectivity index (χ2n) is 3.33. The SMILES string of the molecule is CCN(C)Cc1ccc(C(=O)O)cc1.Cl. The number of carbonyl (C=O) groups is 1. The number of hydrogen-bond acceptors (Lipinski definition) is 2. The van der Waals surface area contributed by atoms with E-state index >= 15 is 0 Å². The molecule has 1 aromatic carbocycles. The molecule has 0 radical (unpaired) electrons. The Kier molecular flexibility index (Phi) is 5.97. The summed E-state index contributed by atoms with van der Waals surface area (Å²) < 4.78 is 0. The van der Waals surface area contributed by atoms with Crippen LogP contribution in [0, 0.1) is 0 Å². The molecule has 15 heavy (non-hydrogen) atoms. The van der Waals surface area contributed by atoms with Gasteiger partial charge in [-0.15, -0.1) is 12.4 Å². The van der Waals surface area contributed by atoms with Crippen molar-refractivity contribution in [3.05, 3.63) is 35.4 Å². The van der Waals surface area contributed by atoms with Gasteiger partial charge in [-0.2, -0.15) is 0 Å². The fourth-order valence-electron chi connectivity index (χ4n) is 1.18. The first-order valence-electron chi connectivity index (χ1n) is 4.64. The Hall–Kier alpha value is -1.06. The zero-order chi connectivity index (χ0) is 10.6. The van der Waals surface area contributed by atoms with Crippen LogP contribution in [0.2, 0.25) is 0 Å². The molecule has 0 aromatic heterocycles. The van der Waals surface area contributed by atoms with Crippen LogP contribution < -0.4 is 0 Å². The van der Waals surface area contributed by atoms with Crippen LogP contribution in [0.3, 0.4) is 0 Å². The highest BCUT2D eigenvalue weighted by Crippen LogP contribution is 2.06. The molecular formula is C11H16ClNO2. The summed E-state index contributed by atoms with van der Waals surface area (Å²) in [5.41, 5.74) is 1.48. The Morgan fingerprint density at radius 3 is 2.27 bits per heavy atom. The minimum atomic E-state index is -0.875. The first kappa shape index (κ1) is 13.9. The molecule has 0 spiro atoms. The normalized spacial score (nSPS) is 9.80. The molecule has 0 aliphatic heterocycles. The number of hydrogen-bond donors (Lipinski definition) is 1. The van der Waals surface area contributed by atoms with Crippen LogP contribution in [-0.2, 0) is 6.54 Å². The van der Waals surface area contributed by atoms with Gasteiger partial charge in [0.1, 0.15) is 0 Å². The first-order chi connectivity index (χ1) is 6.63. The molecule has 0 amide bonds. The third-order valence-corrected chi connectivity index (χ3v) is 2.19. The fraction of sp³-hybridized carbons (Fsp3) is 0.364. The number of halogens is 1. The highest BCUT2D eigenvalue weighted by molar-refractivity contribution is 5.87. The van der Waals surface area contributed by atoms with Crippen molar-refractivity contribution in [2.75, 3.05) is 13.6 Å². The third kappa shape index (κ3) is 4.32. The average molecular weight is 230 g/mol. The van der Waals surface area contributed by atoms with E-state index in [2.05, 4.69) is 11.8 Å². The number of carboxylic acid groups (broad SMARTS) is 1. The lowest BCUT2D eigenvalue weighted by molar-refractivity contribution is 0.0697. The summed E-state index contributed by atoms with van der Waals surface area (Å²) in [4.78, 5) is 12.7. The molecule has 3 nitrogen and oxygen atoms in total. The van der Waals surface area contributed by atoms with E-state index in [4.69, 9.17) is 5.11 Å². The van der Waals surface area contributed by atoms with Crippen molar-refractivity contribution in [1.29, 1.82) is 0 Å². The monoisotopic (exact) mass is 229 g/mol. The van der Waals surface area contributed by atoms with Gasteiger partial charge in [0.15, 0.2) is 0 Å². The van der Waals surface area contributed by atoms with Gasteiger partial charge in [0.25, 0.3) is 0 Å². The lowest BCUT2D eigenvalue weighted by Crippen LogP contribution is -2.16. The molecule has 4 heteroatoms. The van der Waals surface area contributed by atoms with E-state index in [1.807, 2.05) is 19.2 Å². The van der Waals surface area contributed by atoms with Crippen LogP contribution in [-0.4, -0.2) is 29.6 Å². The Bertz CT molecular complexity index is 311. The molecule has 0 unspecified atom stereocenters. The average Bonchev–Trinajstić information content (AvgIpc) is 2.18. The van der Waals surface area contributed by atoms with E-state index in [0.29, 0.717) is 5.56 Å². The number of benzene rings is 1. The molecule has 0 saturated heterocycles. The van der Waals surface area contributed by atoms with E-state index in [1.54, 1.807) is 12.1 Å². The van der Waals surface area contributed by atoms with Gasteiger partial charge in [0, 0.05) is 6.54 Å². The van der Waals surface area contributed by atoms with Crippen LogP contribution in [0.25, 0.3) is 0 Å². The number of aromatic carboxylic acids is 1. The molecule has 0 bridgehead atoms. The maximum Gasteiger partial charge on any atom is 0.335 e. The smallest absolute Gasteiger partial charge is 0.335 e. The standard InChI is InChI=1S/C11H15NO2.ClH/c1-3-12(2)8-9-4-6-10(7-5-9)11(13)14;/h4-7H,3,8H2,1-2H3,(H,13,14);1H. The van der Waals surface area contributed by atoms with E-state index in [0.717, 1.165) is 18.7 Å². The lowest BCUT2D eigenvalue weighted by Gasteiger charge is -2.13. The van der Waals surface area contributed by atoms with Crippen molar-refractivity contribution >= 4 is 18.4 Å². The molecule has 0 aliphatic rings. The quantitative estimate of drug-likeness (QED) is 0.861. The maximum absolute atomic E-state index is 10.6. The number of rotatable bonds is 4. The molecule has 0 aliphatic carbocycles. The molecular weight excluding hydrogens is 214 g/mol. The van der Waals surface area contributed by atoms with Gasteiger partial charge >= 0.3 is 5.97 Å². The molecule has 0 atom stereocenters. The summed E-state index contributed by atoms with van der Waals surface area (Å²) in [5.74, 6) is -0.875. The van der Waals surface area contributed by atoms with Crippen molar-refractivity contribution in [2.45, 2.75) is 13.5 Å². The Morgan fingerprint density at radius 2 is 1.87 bits per heavy atom. The summed E-state index contributed by atoms with van der Waals surface area (Å²) in [6, 6.07) is 6.99. The lowest BCUT2D eigenvalue weighted by atomic mass is 10.1. The summed E-state index contributed by atoms with van der Waals surface area (Å²) in [7, 11) is 2.03. The van der Waals surface area contributed by atoms with Crippen molar-refractivity contribution in [3.63, 3.8) is 0 Å². The van der Waals surface area contributed by atoms with Gasteiger partial charge in [0.05, 0.1) is 5.56 Å². The van der Waals surface area contributed by atoms with Gasteiger partial charge in [0.2, 0.25) is 0 Å². The van der Waals surface area contributed by atoms with Crippen molar-refractivity contribution < 1.29 is 9.90 Å². The zero-order valence-corrected chi connectivity index (χ0v) is 9.75. The van der Waals surface area contributed by atoms with Crippen LogP contribution in [0.5, 0.6) is 0 Å². The molecule has 1 rings (SSSR count). The Balaban J connectivity index is 0.00000196. The van der Waals surface area contributed by atoms with Crippen LogP contribution in [0.1, 0.15) is 22.8 Å². The summed E-state index contributed by atoms with van der Waals surface area (Å²) in [6.07, 6.45) is 0. The largest absolute Gasteiger partial charge is 0.478 e. The Labute approximate surface area is 96.1 Å². The van der Waals surface area contributed by atoms with Gasteiger partial charge in [-0.05, 0) is 31.3 Å². The van der Waals surface area contributed by atoms with Gasteiger partial charge in [-0.25, -0.2) is 4.79 Å². The predicted octanol–water partition coefficient (Wildman–Crippen LogP) is 2.26. The van der Waals surface area contributed by atoms with Gasteiger partial charge < -0.3 is 10.0 Å². The zero-order valence-electron chi connectivity index (χ0n) is 8.93. The molecule has 0 fully saturated rings. The van der Waals surface area contributed by atoms with Gasteiger partial charge in [-0.1, -0.05) is 19.1 Å². The van der Waals surface area contributed by atoms with Crippen LogP contribution in [0.4, 0.5) is 0 Å². The molecule has 0 saturated carbocycles. The minimum absolute atomic E-state index is 0. The van der Waals surface area contributed by atoms with Crippen LogP contribution in [0.15, 0.2) is 24.3 Å². The summed E-state index contributed by atoms with van der Waals surface area (Å²) in [5, 5.41) is 8.69. The molecule has 1 N–H and O–H groups in total. The third-order valence-electron chi connectivity index (χ3n) is 2.19. The van der Waals surface area contributed by atoms with Crippen LogP contribution >= 0.6 is 12.4 Å². The minimum Gasteiger partial charge on any atom is -0.478 e.